The lowest BCUT2D eigenvalue weighted by Gasteiger charge is -2.21. The highest BCUT2D eigenvalue weighted by Crippen LogP contribution is 2.17. The predicted octanol–water partition coefficient (Wildman–Crippen LogP) is 3.71. The Balaban J connectivity index is 1.37. The van der Waals surface area contributed by atoms with Crippen molar-refractivity contribution in [1.29, 1.82) is 0 Å². The quantitative estimate of drug-likeness (QED) is 0.378. The van der Waals surface area contributed by atoms with Crippen molar-refractivity contribution in [3.63, 3.8) is 0 Å². The molecule has 1 atom stereocenters. The Kier molecular flexibility index (Phi) is 9.01. The van der Waals surface area contributed by atoms with Gasteiger partial charge in [0.2, 0.25) is 0 Å². The molecule has 1 fully saturated rings. The number of nitrogens with one attached hydrogen (secondary N) is 1. The van der Waals surface area contributed by atoms with E-state index in [1.807, 2.05) is 24.3 Å². The van der Waals surface area contributed by atoms with E-state index in [-0.39, 0.29) is 0 Å². The molecular weight excluding hydrogens is 362 g/mol. The second-order valence-corrected chi connectivity index (χ2v) is 7.38. The van der Waals surface area contributed by atoms with Gasteiger partial charge in [-0.2, -0.15) is 0 Å². The van der Waals surface area contributed by atoms with Crippen LogP contribution in [0.1, 0.15) is 24.5 Å². The van der Waals surface area contributed by atoms with Gasteiger partial charge in [0.1, 0.15) is 0 Å². The van der Waals surface area contributed by atoms with Crippen molar-refractivity contribution in [2.45, 2.75) is 26.6 Å². The van der Waals surface area contributed by atoms with Gasteiger partial charge in [0.25, 0.3) is 0 Å². The van der Waals surface area contributed by atoms with Crippen molar-refractivity contribution in [1.82, 2.24) is 10.2 Å². The van der Waals surface area contributed by atoms with Gasteiger partial charge < -0.3 is 19.7 Å². The van der Waals surface area contributed by atoms with E-state index in [1.165, 1.54) is 11.1 Å². The molecule has 0 amide bonds. The van der Waals surface area contributed by atoms with Crippen molar-refractivity contribution in [2.75, 3.05) is 39.4 Å². The Morgan fingerprint density at radius 3 is 2.31 bits per heavy atom. The molecule has 1 saturated heterocycles. The molecule has 5 heteroatoms. The van der Waals surface area contributed by atoms with Gasteiger partial charge in [-0.1, -0.05) is 60.7 Å². The van der Waals surface area contributed by atoms with Gasteiger partial charge in [0.15, 0.2) is 5.96 Å². The van der Waals surface area contributed by atoms with E-state index >= 15 is 0 Å². The molecule has 1 unspecified atom stereocenters. The van der Waals surface area contributed by atoms with Gasteiger partial charge in [0, 0.05) is 25.6 Å². The van der Waals surface area contributed by atoms with Crippen molar-refractivity contribution in [3.8, 4) is 0 Å². The maximum Gasteiger partial charge on any atom is 0.194 e. The van der Waals surface area contributed by atoms with Crippen LogP contribution >= 0.6 is 0 Å². The van der Waals surface area contributed by atoms with Gasteiger partial charge in [0.05, 0.1) is 33.0 Å². The molecule has 2 aromatic rings. The van der Waals surface area contributed by atoms with Crippen LogP contribution in [0.4, 0.5) is 0 Å². The van der Waals surface area contributed by atoms with Crippen LogP contribution in [0.15, 0.2) is 65.7 Å². The summed E-state index contributed by atoms with van der Waals surface area (Å²) in [7, 11) is 0. The van der Waals surface area contributed by atoms with E-state index in [2.05, 4.69) is 53.5 Å². The molecule has 1 heterocycles. The van der Waals surface area contributed by atoms with E-state index in [4.69, 9.17) is 14.5 Å². The summed E-state index contributed by atoms with van der Waals surface area (Å²) in [6, 6.07) is 20.6. The molecule has 29 heavy (non-hydrogen) atoms. The Labute approximate surface area is 174 Å². The summed E-state index contributed by atoms with van der Waals surface area (Å²) in [6.45, 7) is 8.41. The Hall–Kier alpha value is -2.37. The van der Waals surface area contributed by atoms with Crippen molar-refractivity contribution >= 4 is 5.96 Å². The van der Waals surface area contributed by atoms with E-state index < -0.39 is 0 Å². The van der Waals surface area contributed by atoms with E-state index in [0.717, 1.165) is 38.6 Å². The van der Waals surface area contributed by atoms with Crippen LogP contribution in [0.25, 0.3) is 0 Å². The number of aliphatic imine (C=N–C) groups is 1. The number of rotatable bonds is 10. The summed E-state index contributed by atoms with van der Waals surface area (Å²) in [5, 5.41) is 3.42. The lowest BCUT2D eigenvalue weighted by atomic mass is 10.1. The topological polar surface area (TPSA) is 46.1 Å². The molecule has 5 nitrogen and oxygen atoms in total. The molecule has 3 rings (SSSR count). The molecule has 1 aliphatic heterocycles. The normalized spacial score (nSPS) is 16.9. The van der Waals surface area contributed by atoms with Crippen molar-refractivity contribution in [3.05, 3.63) is 71.8 Å². The third-order valence-corrected chi connectivity index (χ3v) is 4.99. The van der Waals surface area contributed by atoms with Crippen molar-refractivity contribution < 1.29 is 9.47 Å². The molecule has 0 saturated carbocycles. The minimum Gasteiger partial charge on any atom is -0.376 e. The molecule has 1 aliphatic rings. The highest BCUT2D eigenvalue weighted by molar-refractivity contribution is 5.80. The van der Waals surface area contributed by atoms with Crippen LogP contribution in [-0.4, -0.2) is 50.3 Å². The average molecular weight is 396 g/mol. The molecule has 0 spiro atoms. The predicted molar refractivity (Wildman–Crippen MR) is 118 cm³/mol. The Morgan fingerprint density at radius 1 is 1.00 bits per heavy atom. The summed E-state index contributed by atoms with van der Waals surface area (Å²) in [6.07, 6.45) is 1.14. The number of likely N-dealkylation sites (tertiary alicyclic amines) is 1. The Morgan fingerprint density at radius 2 is 1.66 bits per heavy atom. The lowest BCUT2D eigenvalue weighted by Crippen LogP contribution is -2.40. The minimum atomic E-state index is 0.553. The monoisotopic (exact) mass is 395 g/mol. The van der Waals surface area contributed by atoms with Crippen LogP contribution in [0.3, 0.4) is 0 Å². The largest absolute Gasteiger partial charge is 0.376 e. The summed E-state index contributed by atoms with van der Waals surface area (Å²) >= 11 is 0. The maximum absolute atomic E-state index is 5.94. The van der Waals surface area contributed by atoms with Crippen LogP contribution in [0, 0.1) is 5.92 Å². The summed E-state index contributed by atoms with van der Waals surface area (Å²) in [5.74, 6) is 1.54. The third-order valence-electron chi connectivity index (χ3n) is 4.99. The standard InChI is InChI=1S/C24H33N3O2/c1-2-25-24(26-14-16-28-18-21-9-5-3-6-10-21)27-15-13-23(17-27)20-29-19-22-11-7-4-8-12-22/h3-12,23H,2,13-20H2,1H3,(H,25,26). The SMILES string of the molecule is CCNC(=NCCOCc1ccccc1)N1CCC(COCc2ccccc2)C1. The van der Waals surface area contributed by atoms with E-state index in [9.17, 15) is 0 Å². The second kappa shape index (κ2) is 12.2. The van der Waals surface area contributed by atoms with E-state index in [0.29, 0.717) is 32.3 Å². The number of ether oxygens (including phenoxy) is 2. The smallest absolute Gasteiger partial charge is 0.194 e. The van der Waals surface area contributed by atoms with Crippen LogP contribution < -0.4 is 5.32 Å². The number of benzene rings is 2. The fraction of sp³-hybridized carbons (Fsp3) is 0.458. The van der Waals surface area contributed by atoms with Crippen LogP contribution in [-0.2, 0) is 22.7 Å². The first kappa shape index (κ1) is 21.3. The highest BCUT2D eigenvalue weighted by Gasteiger charge is 2.24. The Bertz CT molecular complexity index is 721. The molecule has 0 bridgehead atoms. The van der Waals surface area contributed by atoms with Gasteiger partial charge in [-0.05, 0) is 24.5 Å². The molecule has 0 aliphatic carbocycles. The second-order valence-electron chi connectivity index (χ2n) is 7.38. The molecule has 0 radical (unpaired) electrons. The first-order valence-electron chi connectivity index (χ1n) is 10.6. The fourth-order valence-corrected chi connectivity index (χ4v) is 3.48. The summed E-state index contributed by atoms with van der Waals surface area (Å²) < 4.78 is 11.7. The zero-order valence-electron chi connectivity index (χ0n) is 17.4. The van der Waals surface area contributed by atoms with Gasteiger partial charge in [-0.25, -0.2) is 0 Å². The van der Waals surface area contributed by atoms with Crippen LogP contribution in [0.2, 0.25) is 0 Å². The van der Waals surface area contributed by atoms with E-state index in [1.54, 1.807) is 0 Å². The van der Waals surface area contributed by atoms with Gasteiger partial charge in [-0.15, -0.1) is 0 Å². The maximum atomic E-state index is 5.94. The highest BCUT2D eigenvalue weighted by atomic mass is 16.5. The first-order chi connectivity index (χ1) is 14.3. The molecule has 0 aromatic heterocycles. The zero-order valence-corrected chi connectivity index (χ0v) is 17.4. The average Bonchev–Trinajstić information content (AvgIpc) is 3.23. The summed E-state index contributed by atoms with van der Waals surface area (Å²) in [4.78, 5) is 7.10. The molecule has 1 N–H and O–H groups in total. The first-order valence-corrected chi connectivity index (χ1v) is 10.6. The molecule has 156 valence electrons. The number of nitrogens with zero attached hydrogens (tertiary/aromatic N) is 2. The van der Waals surface area contributed by atoms with Crippen molar-refractivity contribution in [2.24, 2.45) is 10.9 Å². The number of hydrogen-bond donors (Lipinski definition) is 1. The van der Waals surface area contributed by atoms with Gasteiger partial charge >= 0.3 is 0 Å². The van der Waals surface area contributed by atoms with Crippen LogP contribution in [0.5, 0.6) is 0 Å². The lowest BCUT2D eigenvalue weighted by molar-refractivity contribution is 0.0906. The zero-order chi connectivity index (χ0) is 20.2. The molecular formula is C24H33N3O2. The molecule has 2 aromatic carbocycles. The number of guanidine groups is 1. The third kappa shape index (κ3) is 7.52. The fourth-order valence-electron chi connectivity index (χ4n) is 3.48. The van der Waals surface area contributed by atoms with Gasteiger partial charge in [-0.3, -0.25) is 4.99 Å². The summed E-state index contributed by atoms with van der Waals surface area (Å²) in [5.41, 5.74) is 2.43. The minimum absolute atomic E-state index is 0.553. The number of hydrogen-bond acceptors (Lipinski definition) is 3.